The van der Waals surface area contributed by atoms with Gasteiger partial charge in [-0.1, -0.05) is 159 Å². The molecule has 6 heteroatoms. The van der Waals surface area contributed by atoms with Gasteiger partial charge in [-0.25, -0.2) is 9.97 Å². The van der Waals surface area contributed by atoms with Gasteiger partial charge in [0.2, 0.25) is 5.95 Å². The van der Waals surface area contributed by atoms with Crippen molar-refractivity contribution in [2.24, 2.45) is 0 Å². The molecular weight excluding hydrogens is 673 g/mol. The van der Waals surface area contributed by atoms with E-state index < -0.39 is 0 Å². The zero-order valence-electron chi connectivity index (χ0n) is 30.3. The van der Waals surface area contributed by atoms with Gasteiger partial charge in [0.05, 0.1) is 22.1 Å². The molecule has 0 atom stereocenters. The quantitative estimate of drug-likeness (QED) is 0.179. The van der Waals surface area contributed by atoms with Gasteiger partial charge in [0.15, 0.2) is 11.6 Å². The molecule has 0 unspecified atom stereocenters. The summed E-state index contributed by atoms with van der Waals surface area (Å²) in [4.78, 5) is 21.2. The van der Waals surface area contributed by atoms with Crippen LogP contribution in [0.15, 0.2) is 170 Å². The average Bonchev–Trinajstić information content (AvgIpc) is 3.88. The van der Waals surface area contributed by atoms with Crippen LogP contribution in [0.4, 0.5) is 0 Å². The van der Waals surface area contributed by atoms with Crippen molar-refractivity contribution in [3.63, 3.8) is 0 Å². The summed E-state index contributed by atoms with van der Waals surface area (Å²) >= 11 is 0. The molecule has 0 bridgehead atoms. The summed E-state index contributed by atoms with van der Waals surface area (Å²) in [5.74, 6) is 2.70. The predicted octanol–water partition coefficient (Wildman–Crippen LogP) is 11.6. The molecule has 1 aliphatic carbocycles. The van der Waals surface area contributed by atoms with Crippen molar-refractivity contribution in [1.29, 1.82) is 0 Å². The van der Waals surface area contributed by atoms with E-state index in [1.54, 1.807) is 0 Å². The van der Waals surface area contributed by atoms with Gasteiger partial charge in [-0.3, -0.25) is 9.13 Å². The Hall–Kier alpha value is -7.18. The summed E-state index contributed by atoms with van der Waals surface area (Å²) in [6, 6.07) is 59.2. The topological polar surface area (TPSA) is 61.4 Å². The smallest absolute Gasteiger partial charge is 0.238 e. The number of para-hydroxylation sites is 1. The lowest BCUT2D eigenvalue weighted by atomic mass is 9.81. The molecule has 0 radical (unpaired) electrons. The van der Waals surface area contributed by atoms with Crippen LogP contribution in [0.5, 0.6) is 0 Å². The molecule has 10 aromatic rings. The number of benzene rings is 7. The molecule has 1 aliphatic rings. The highest BCUT2D eigenvalue weighted by Gasteiger charge is 2.39. The number of fused-ring (bicyclic) bond motifs is 9. The van der Waals surface area contributed by atoms with E-state index in [1.807, 2.05) is 42.5 Å². The first-order valence-electron chi connectivity index (χ1n) is 18.7. The summed E-state index contributed by atoms with van der Waals surface area (Å²) in [5, 5.41) is 2.18. The van der Waals surface area contributed by atoms with Gasteiger partial charge in [0.1, 0.15) is 5.82 Å². The summed E-state index contributed by atoms with van der Waals surface area (Å²) in [6.07, 6.45) is 0. The highest BCUT2D eigenvalue weighted by Crippen LogP contribution is 2.53. The number of aromatic nitrogens is 6. The molecule has 3 heterocycles. The minimum absolute atomic E-state index is 0.299. The molecule has 0 spiro atoms. The summed E-state index contributed by atoms with van der Waals surface area (Å²) < 4.78 is 4.56. The Balaban J connectivity index is 1.31. The van der Waals surface area contributed by atoms with Gasteiger partial charge < -0.3 is 0 Å². The molecule has 0 N–H and O–H groups in total. The van der Waals surface area contributed by atoms with Crippen molar-refractivity contribution in [3.8, 4) is 56.9 Å². The molecule has 7 aromatic carbocycles. The van der Waals surface area contributed by atoms with Gasteiger partial charge in [0, 0.05) is 38.6 Å². The van der Waals surface area contributed by atoms with Crippen LogP contribution in [-0.4, -0.2) is 29.1 Å². The standard InChI is InChI=1S/C49H34N6/c1-49(2)38-26-16-15-25-35(38)36-27-28-37-41-39(29-30-40-43(41)50-47(33-21-11-5-12-22-33)54(40)34-23-13-6-14-24-34)55(44(37)42(36)49)48-52-45(31-17-7-3-8-18-31)51-46(53-48)32-19-9-4-10-20-32/h3-30H,1-2H3. The Bertz CT molecular complexity index is 3030. The molecule has 0 saturated carbocycles. The molecule has 3 aromatic heterocycles. The fraction of sp³-hybridized carbons (Fsp3) is 0.0612. The molecule has 6 nitrogen and oxygen atoms in total. The van der Waals surface area contributed by atoms with Crippen molar-refractivity contribution in [3.05, 3.63) is 181 Å². The number of nitrogens with zero attached hydrogens (tertiary/aromatic N) is 6. The molecule has 0 amide bonds. The first-order chi connectivity index (χ1) is 27.1. The summed E-state index contributed by atoms with van der Waals surface area (Å²) in [7, 11) is 0. The van der Waals surface area contributed by atoms with Crippen LogP contribution in [0.1, 0.15) is 25.0 Å². The third kappa shape index (κ3) is 4.68. The van der Waals surface area contributed by atoms with Crippen LogP contribution in [0.2, 0.25) is 0 Å². The second-order valence-corrected chi connectivity index (χ2v) is 14.7. The van der Waals surface area contributed by atoms with E-state index in [9.17, 15) is 0 Å². The van der Waals surface area contributed by atoms with Gasteiger partial charge in [0.25, 0.3) is 0 Å². The van der Waals surface area contributed by atoms with Crippen molar-refractivity contribution >= 4 is 32.8 Å². The lowest BCUT2D eigenvalue weighted by Crippen LogP contribution is -2.17. The van der Waals surface area contributed by atoms with Crippen LogP contribution >= 0.6 is 0 Å². The Labute approximate surface area is 318 Å². The van der Waals surface area contributed by atoms with Crippen LogP contribution < -0.4 is 0 Å². The maximum absolute atomic E-state index is 5.54. The van der Waals surface area contributed by atoms with Crippen LogP contribution in [0.25, 0.3) is 89.8 Å². The second-order valence-electron chi connectivity index (χ2n) is 14.7. The van der Waals surface area contributed by atoms with Crippen molar-refractivity contribution < 1.29 is 0 Å². The van der Waals surface area contributed by atoms with Crippen molar-refractivity contribution in [1.82, 2.24) is 29.1 Å². The molecular formula is C49H34N6. The van der Waals surface area contributed by atoms with E-state index in [4.69, 9.17) is 19.9 Å². The van der Waals surface area contributed by atoms with E-state index >= 15 is 0 Å². The molecule has 0 saturated heterocycles. The first-order valence-corrected chi connectivity index (χ1v) is 18.7. The van der Waals surface area contributed by atoms with Crippen LogP contribution in [0.3, 0.4) is 0 Å². The SMILES string of the molecule is CC1(C)c2ccccc2-c2ccc3c4c5nc(-c6ccccc6)n(-c6ccccc6)c5ccc4n(-c4nc(-c5ccccc5)nc(-c5ccccc5)n4)c3c21. The maximum Gasteiger partial charge on any atom is 0.238 e. The Morgan fingerprint density at radius 3 is 1.67 bits per heavy atom. The Morgan fingerprint density at radius 2 is 1.02 bits per heavy atom. The van der Waals surface area contributed by atoms with E-state index in [2.05, 4.69) is 150 Å². The number of rotatable bonds is 5. The van der Waals surface area contributed by atoms with Crippen LogP contribution in [0, 0.1) is 0 Å². The molecule has 11 rings (SSSR count). The predicted molar refractivity (Wildman–Crippen MR) is 223 cm³/mol. The van der Waals surface area contributed by atoms with Crippen molar-refractivity contribution in [2.75, 3.05) is 0 Å². The Morgan fingerprint density at radius 1 is 0.455 bits per heavy atom. The summed E-state index contributed by atoms with van der Waals surface area (Å²) in [6.45, 7) is 4.68. The number of imidazole rings is 1. The van der Waals surface area contributed by atoms with E-state index in [-0.39, 0.29) is 5.41 Å². The monoisotopic (exact) mass is 706 g/mol. The first kappa shape index (κ1) is 31.4. The number of hydrogen-bond donors (Lipinski definition) is 0. The molecule has 55 heavy (non-hydrogen) atoms. The van der Waals surface area contributed by atoms with Gasteiger partial charge in [-0.2, -0.15) is 9.97 Å². The Kier molecular flexibility index (Phi) is 6.79. The lowest BCUT2D eigenvalue weighted by molar-refractivity contribution is 0.663. The third-order valence-corrected chi connectivity index (χ3v) is 11.2. The largest absolute Gasteiger partial charge is 0.292 e. The minimum Gasteiger partial charge on any atom is -0.292 e. The maximum atomic E-state index is 5.54. The molecule has 260 valence electrons. The van der Waals surface area contributed by atoms with E-state index in [1.165, 1.54) is 22.3 Å². The molecule has 0 fully saturated rings. The zero-order valence-corrected chi connectivity index (χ0v) is 30.3. The fourth-order valence-electron chi connectivity index (χ4n) is 8.71. The third-order valence-electron chi connectivity index (χ3n) is 11.2. The fourth-order valence-corrected chi connectivity index (χ4v) is 8.71. The minimum atomic E-state index is -0.299. The summed E-state index contributed by atoms with van der Waals surface area (Å²) in [5.41, 5.74) is 12.8. The van der Waals surface area contributed by atoms with Gasteiger partial charge >= 0.3 is 0 Å². The van der Waals surface area contributed by atoms with Gasteiger partial charge in [-0.15, -0.1) is 0 Å². The average molecular weight is 707 g/mol. The van der Waals surface area contributed by atoms with Gasteiger partial charge in [-0.05, 0) is 46.5 Å². The normalized spacial score (nSPS) is 13.1. The van der Waals surface area contributed by atoms with E-state index in [0.29, 0.717) is 17.6 Å². The zero-order chi connectivity index (χ0) is 36.7. The number of hydrogen-bond acceptors (Lipinski definition) is 4. The highest BCUT2D eigenvalue weighted by atomic mass is 15.2. The highest BCUT2D eigenvalue weighted by molar-refractivity contribution is 6.22. The molecule has 0 aliphatic heterocycles. The van der Waals surface area contributed by atoms with Crippen LogP contribution in [-0.2, 0) is 5.41 Å². The lowest BCUT2D eigenvalue weighted by Gasteiger charge is -2.23. The second kappa shape index (κ2) is 11.9. The van der Waals surface area contributed by atoms with Crippen molar-refractivity contribution in [2.45, 2.75) is 19.3 Å². The van der Waals surface area contributed by atoms with E-state index in [0.717, 1.165) is 61.0 Å².